The second kappa shape index (κ2) is 8.34. The minimum atomic E-state index is -1.03. The monoisotopic (exact) mass is 474 g/mol. The molecule has 0 bridgehead atoms. The van der Waals surface area contributed by atoms with Crippen molar-refractivity contribution in [1.82, 2.24) is 24.6 Å². The van der Waals surface area contributed by atoms with Gasteiger partial charge < -0.3 is 20.1 Å². The number of nitrogens with zero attached hydrogens (tertiary/aromatic N) is 5. The smallest absolute Gasteiger partial charge is 0.225 e. The Labute approximate surface area is 204 Å². The van der Waals surface area contributed by atoms with Crippen molar-refractivity contribution in [3.63, 3.8) is 0 Å². The first-order chi connectivity index (χ1) is 16.8. The zero-order chi connectivity index (χ0) is 24.2. The number of pyridine rings is 2. The SMILES string of the molecule is CC(C)(O)c1cc(Nc2cc(Oc3cn(C4CC4)nc3C3CN(C(=O)C4CC4)C3)ccn2)ccn1. The van der Waals surface area contributed by atoms with Crippen molar-refractivity contribution >= 4 is 17.4 Å². The van der Waals surface area contributed by atoms with Gasteiger partial charge in [-0.3, -0.25) is 14.5 Å². The van der Waals surface area contributed by atoms with E-state index in [1.54, 1.807) is 32.3 Å². The van der Waals surface area contributed by atoms with Crippen LogP contribution in [0, 0.1) is 5.92 Å². The van der Waals surface area contributed by atoms with Gasteiger partial charge in [0.15, 0.2) is 5.75 Å². The molecule has 3 aromatic rings. The molecule has 0 atom stereocenters. The summed E-state index contributed by atoms with van der Waals surface area (Å²) < 4.78 is 8.34. The number of aliphatic hydroxyl groups is 1. The van der Waals surface area contributed by atoms with Gasteiger partial charge >= 0.3 is 0 Å². The summed E-state index contributed by atoms with van der Waals surface area (Å²) in [6, 6.07) is 7.74. The number of likely N-dealkylation sites (tertiary alicyclic amines) is 1. The number of amides is 1. The number of hydrogen-bond acceptors (Lipinski definition) is 7. The summed E-state index contributed by atoms with van der Waals surface area (Å²) in [4.78, 5) is 23.0. The minimum absolute atomic E-state index is 0.198. The van der Waals surface area contributed by atoms with Gasteiger partial charge in [0.25, 0.3) is 0 Å². The van der Waals surface area contributed by atoms with Crippen LogP contribution in [0.4, 0.5) is 11.5 Å². The Balaban J connectivity index is 1.19. The maximum Gasteiger partial charge on any atom is 0.225 e. The molecule has 3 aromatic heterocycles. The van der Waals surface area contributed by atoms with E-state index in [0.717, 1.165) is 42.8 Å². The molecule has 1 aliphatic heterocycles. The summed E-state index contributed by atoms with van der Waals surface area (Å²) in [7, 11) is 0. The van der Waals surface area contributed by atoms with Gasteiger partial charge in [-0.05, 0) is 57.7 Å². The maximum atomic E-state index is 12.4. The van der Waals surface area contributed by atoms with Crippen LogP contribution in [0.1, 0.15) is 62.9 Å². The second-order valence-corrected chi connectivity index (χ2v) is 10.4. The molecule has 182 valence electrons. The van der Waals surface area contributed by atoms with Gasteiger partial charge in [-0.1, -0.05) is 0 Å². The average molecular weight is 475 g/mol. The highest BCUT2D eigenvalue weighted by molar-refractivity contribution is 5.82. The Kier molecular flexibility index (Phi) is 5.25. The van der Waals surface area contributed by atoms with E-state index in [-0.39, 0.29) is 11.8 Å². The average Bonchev–Trinajstić information content (AvgIpc) is 3.71. The molecule has 35 heavy (non-hydrogen) atoms. The number of aromatic nitrogens is 4. The van der Waals surface area contributed by atoms with Crippen molar-refractivity contribution in [2.75, 3.05) is 18.4 Å². The van der Waals surface area contributed by atoms with Crippen molar-refractivity contribution in [2.45, 2.75) is 57.1 Å². The van der Waals surface area contributed by atoms with Gasteiger partial charge in [0, 0.05) is 49.1 Å². The van der Waals surface area contributed by atoms with Crippen LogP contribution in [0.25, 0.3) is 0 Å². The van der Waals surface area contributed by atoms with Gasteiger partial charge in [-0.25, -0.2) is 4.98 Å². The largest absolute Gasteiger partial charge is 0.454 e. The van der Waals surface area contributed by atoms with E-state index in [0.29, 0.717) is 42.3 Å². The summed E-state index contributed by atoms with van der Waals surface area (Å²) >= 11 is 0. The van der Waals surface area contributed by atoms with E-state index < -0.39 is 5.60 Å². The van der Waals surface area contributed by atoms with Crippen LogP contribution in [-0.4, -0.2) is 48.8 Å². The van der Waals surface area contributed by atoms with Crippen LogP contribution >= 0.6 is 0 Å². The molecule has 1 amide bonds. The van der Waals surface area contributed by atoms with Crippen molar-refractivity contribution in [3.8, 4) is 11.5 Å². The number of ether oxygens (including phenoxy) is 1. The maximum absolute atomic E-state index is 12.4. The normalized spacial score (nSPS) is 18.3. The quantitative estimate of drug-likeness (QED) is 0.506. The second-order valence-electron chi connectivity index (χ2n) is 10.4. The molecular formula is C26H30N6O3. The van der Waals surface area contributed by atoms with Crippen LogP contribution < -0.4 is 10.1 Å². The Hall–Kier alpha value is -3.46. The van der Waals surface area contributed by atoms with E-state index >= 15 is 0 Å². The molecule has 9 nitrogen and oxygen atoms in total. The number of nitrogens with one attached hydrogen (secondary N) is 1. The number of hydrogen-bond donors (Lipinski definition) is 2. The van der Waals surface area contributed by atoms with Gasteiger partial charge in [0.05, 0.1) is 17.9 Å². The zero-order valence-corrected chi connectivity index (χ0v) is 20.0. The lowest BCUT2D eigenvalue weighted by Crippen LogP contribution is -2.49. The Morgan fingerprint density at radius 1 is 1.11 bits per heavy atom. The fourth-order valence-corrected chi connectivity index (χ4v) is 4.36. The third kappa shape index (κ3) is 4.73. The molecule has 2 saturated carbocycles. The Morgan fingerprint density at radius 2 is 1.89 bits per heavy atom. The summed E-state index contributed by atoms with van der Waals surface area (Å²) in [6.45, 7) is 4.83. The molecule has 2 aliphatic carbocycles. The first-order valence-electron chi connectivity index (χ1n) is 12.3. The topological polar surface area (TPSA) is 105 Å². The molecule has 2 N–H and O–H groups in total. The number of rotatable bonds is 8. The fraction of sp³-hybridized carbons (Fsp3) is 0.462. The van der Waals surface area contributed by atoms with E-state index in [9.17, 15) is 9.90 Å². The molecule has 9 heteroatoms. The molecule has 0 radical (unpaired) electrons. The summed E-state index contributed by atoms with van der Waals surface area (Å²) in [5.74, 6) is 2.75. The van der Waals surface area contributed by atoms with E-state index in [1.807, 2.05) is 34.0 Å². The summed E-state index contributed by atoms with van der Waals surface area (Å²) in [5, 5.41) is 18.4. The predicted octanol–water partition coefficient (Wildman–Crippen LogP) is 4.11. The molecule has 6 rings (SSSR count). The molecule has 0 aromatic carbocycles. The fourth-order valence-electron chi connectivity index (χ4n) is 4.36. The summed E-state index contributed by atoms with van der Waals surface area (Å²) in [5.41, 5.74) is 1.24. The molecule has 0 spiro atoms. The highest BCUT2D eigenvalue weighted by Gasteiger charge is 2.42. The van der Waals surface area contributed by atoms with Gasteiger partial charge in [0.2, 0.25) is 5.91 Å². The molecular weight excluding hydrogens is 444 g/mol. The first kappa shape index (κ1) is 22.0. The third-order valence-electron chi connectivity index (χ3n) is 6.77. The van der Waals surface area contributed by atoms with E-state index in [1.165, 1.54) is 0 Å². The van der Waals surface area contributed by atoms with Crippen LogP contribution in [-0.2, 0) is 10.4 Å². The Bertz CT molecular complexity index is 1250. The third-order valence-corrected chi connectivity index (χ3v) is 6.77. The van der Waals surface area contributed by atoms with Gasteiger partial charge in [-0.2, -0.15) is 5.10 Å². The molecule has 1 saturated heterocycles. The van der Waals surface area contributed by atoms with Crippen LogP contribution in [0.15, 0.2) is 42.9 Å². The summed E-state index contributed by atoms with van der Waals surface area (Å²) in [6.07, 6.45) is 9.68. The zero-order valence-electron chi connectivity index (χ0n) is 20.0. The lowest BCUT2D eigenvalue weighted by Gasteiger charge is -2.38. The highest BCUT2D eigenvalue weighted by atomic mass is 16.5. The molecule has 3 aliphatic rings. The lowest BCUT2D eigenvalue weighted by atomic mass is 9.95. The molecule has 0 unspecified atom stereocenters. The molecule has 3 fully saturated rings. The Morgan fingerprint density at radius 3 is 2.60 bits per heavy atom. The van der Waals surface area contributed by atoms with E-state index in [4.69, 9.17) is 9.84 Å². The van der Waals surface area contributed by atoms with Crippen molar-refractivity contribution in [3.05, 3.63) is 54.2 Å². The van der Waals surface area contributed by atoms with Crippen molar-refractivity contribution in [2.24, 2.45) is 5.92 Å². The number of anilines is 2. The van der Waals surface area contributed by atoms with E-state index in [2.05, 4.69) is 15.3 Å². The minimum Gasteiger partial charge on any atom is -0.454 e. The first-order valence-corrected chi connectivity index (χ1v) is 12.3. The van der Waals surface area contributed by atoms with Crippen molar-refractivity contribution < 1.29 is 14.6 Å². The lowest BCUT2D eigenvalue weighted by molar-refractivity contribution is -0.137. The highest BCUT2D eigenvalue weighted by Crippen LogP contribution is 2.42. The van der Waals surface area contributed by atoms with Crippen LogP contribution in [0.5, 0.6) is 11.5 Å². The van der Waals surface area contributed by atoms with Gasteiger partial charge in [-0.15, -0.1) is 0 Å². The molecule has 4 heterocycles. The predicted molar refractivity (Wildman–Crippen MR) is 130 cm³/mol. The van der Waals surface area contributed by atoms with Crippen molar-refractivity contribution in [1.29, 1.82) is 0 Å². The number of carbonyl (C=O) groups excluding carboxylic acids is 1. The van der Waals surface area contributed by atoms with Crippen LogP contribution in [0.2, 0.25) is 0 Å². The number of carbonyl (C=O) groups is 1. The standard InChI is InChI=1S/C26H30N6O3/c1-26(2,34)22-11-18(7-9-27-22)29-23-12-20(8-10-28-23)35-21-15-32(19-5-6-19)30-24(21)17-13-31(14-17)25(33)16-3-4-16/h7-12,15-17,19,34H,3-6,13-14H2,1-2H3,(H,27,28,29). The van der Waals surface area contributed by atoms with Crippen LogP contribution in [0.3, 0.4) is 0 Å². The van der Waals surface area contributed by atoms with Gasteiger partial charge in [0.1, 0.15) is 22.9 Å².